The highest BCUT2D eigenvalue weighted by Crippen LogP contribution is 2.25. The number of aliphatic carboxylic acids is 1. The Bertz CT molecular complexity index is 716. The highest BCUT2D eigenvalue weighted by atomic mass is 32.2. The third kappa shape index (κ3) is 4.44. The number of nitrogens with zero attached hydrogens (tertiary/aromatic N) is 1. The summed E-state index contributed by atoms with van der Waals surface area (Å²) in [6, 6.07) is 6.31. The molecule has 0 aliphatic carbocycles. The summed E-state index contributed by atoms with van der Waals surface area (Å²) in [5, 5.41) is 9.20. The topological polar surface area (TPSA) is 104 Å². The fourth-order valence-electron chi connectivity index (χ4n) is 2.82. The molecule has 8 heteroatoms. The molecule has 2 atom stereocenters. The molecule has 1 amide bonds. The van der Waals surface area contributed by atoms with Gasteiger partial charge in [-0.1, -0.05) is 19.1 Å². The predicted molar refractivity (Wildman–Crippen MR) is 85.7 cm³/mol. The van der Waals surface area contributed by atoms with E-state index >= 15 is 0 Å². The van der Waals surface area contributed by atoms with Crippen molar-refractivity contribution < 1.29 is 23.1 Å². The number of sulfonamides is 1. The zero-order valence-electron chi connectivity index (χ0n) is 13.0. The predicted octanol–water partition coefficient (Wildman–Crippen LogP) is 1.24. The van der Waals surface area contributed by atoms with Gasteiger partial charge in [0.2, 0.25) is 10.0 Å². The Morgan fingerprint density at radius 1 is 1.26 bits per heavy atom. The molecular weight excluding hydrogens is 320 g/mol. The first-order valence-corrected chi connectivity index (χ1v) is 9.15. The Morgan fingerprint density at radius 2 is 1.91 bits per heavy atom. The van der Waals surface area contributed by atoms with Crippen molar-refractivity contribution in [3.05, 3.63) is 29.8 Å². The molecule has 0 aromatic heterocycles. The van der Waals surface area contributed by atoms with Gasteiger partial charge in [0.1, 0.15) is 0 Å². The van der Waals surface area contributed by atoms with E-state index in [2.05, 4.69) is 4.72 Å². The zero-order chi connectivity index (χ0) is 17.2. The standard InChI is InChI=1S/C15H20N2O5S/c1-10-7-11(15(19)20)9-17(8-10)14(18)12-5-3-4-6-13(12)16-23(2,21)22/h3-6,10-11,16H,7-9H2,1-2H3,(H,19,20). The molecule has 23 heavy (non-hydrogen) atoms. The number of carboxylic acids is 1. The number of para-hydroxylation sites is 1. The van der Waals surface area contributed by atoms with Crippen LogP contribution in [0.3, 0.4) is 0 Å². The van der Waals surface area contributed by atoms with Gasteiger partial charge in [0.05, 0.1) is 23.4 Å². The van der Waals surface area contributed by atoms with Gasteiger partial charge in [-0.2, -0.15) is 0 Å². The lowest BCUT2D eigenvalue weighted by Crippen LogP contribution is -2.45. The van der Waals surface area contributed by atoms with Gasteiger partial charge in [0.25, 0.3) is 5.91 Å². The van der Waals surface area contributed by atoms with Crippen LogP contribution >= 0.6 is 0 Å². The maximum atomic E-state index is 12.7. The molecule has 1 aromatic carbocycles. The number of carbonyl (C=O) groups is 2. The number of hydrogen-bond acceptors (Lipinski definition) is 4. The Labute approximate surface area is 135 Å². The summed E-state index contributed by atoms with van der Waals surface area (Å²) in [7, 11) is -3.51. The first-order chi connectivity index (χ1) is 10.7. The molecule has 0 saturated carbocycles. The third-order valence-corrected chi connectivity index (χ3v) is 4.34. The number of rotatable bonds is 4. The molecule has 0 spiro atoms. The molecule has 1 saturated heterocycles. The van der Waals surface area contributed by atoms with Crippen molar-refractivity contribution >= 4 is 27.6 Å². The molecule has 2 unspecified atom stereocenters. The van der Waals surface area contributed by atoms with Gasteiger partial charge in [-0.3, -0.25) is 14.3 Å². The minimum absolute atomic E-state index is 0.0730. The number of piperidine rings is 1. The Balaban J connectivity index is 2.28. The molecular formula is C15H20N2O5S. The van der Waals surface area contributed by atoms with E-state index in [-0.39, 0.29) is 29.6 Å². The third-order valence-electron chi connectivity index (χ3n) is 3.75. The Morgan fingerprint density at radius 3 is 2.52 bits per heavy atom. The van der Waals surface area contributed by atoms with Crippen LogP contribution in [0.25, 0.3) is 0 Å². The average molecular weight is 340 g/mol. The average Bonchev–Trinajstić information content (AvgIpc) is 2.44. The quantitative estimate of drug-likeness (QED) is 0.858. The number of anilines is 1. The molecule has 0 bridgehead atoms. The molecule has 1 aliphatic rings. The van der Waals surface area contributed by atoms with Crippen molar-refractivity contribution in [2.45, 2.75) is 13.3 Å². The number of carbonyl (C=O) groups excluding carboxylic acids is 1. The van der Waals surface area contributed by atoms with E-state index in [1.165, 1.54) is 17.0 Å². The summed E-state index contributed by atoms with van der Waals surface area (Å²) in [5.74, 6) is -1.81. The SMILES string of the molecule is CC1CC(C(=O)O)CN(C(=O)c2ccccc2NS(C)(=O)=O)C1. The lowest BCUT2D eigenvalue weighted by molar-refractivity contribution is -0.143. The number of nitrogens with one attached hydrogen (secondary N) is 1. The highest BCUT2D eigenvalue weighted by molar-refractivity contribution is 7.92. The van der Waals surface area contributed by atoms with Crippen LogP contribution < -0.4 is 4.72 Å². The van der Waals surface area contributed by atoms with E-state index in [0.29, 0.717) is 13.0 Å². The van der Waals surface area contributed by atoms with Crippen LogP contribution in [-0.4, -0.2) is 49.6 Å². The first-order valence-electron chi connectivity index (χ1n) is 7.26. The first kappa shape index (κ1) is 17.3. The summed E-state index contributed by atoms with van der Waals surface area (Å²) >= 11 is 0. The number of likely N-dealkylation sites (tertiary alicyclic amines) is 1. The van der Waals surface area contributed by atoms with Gasteiger partial charge in [0, 0.05) is 13.1 Å². The van der Waals surface area contributed by atoms with Crippen LogP contribution in [-0.2, 0) is 14.8 Å². The normalized spacial score (nSPS) is 21.7. The van der Waals surface area contributed by atoms with Crippen LogP contribution in [0.15, 0.2) is 24.3 Å². The molecule has 1 heterocycles. The van der Waals surface area contributed by atoms with Gasteiger partial charge in [-0.15, -0.1) is 0 Å². The van der Waals surface area contributed by atoms with Crippen molar-refractivity contribution in [2.75, 3.05) is 24.1 Å². The molecule has 1 fully saturated rings. The maximum Gasteiger partial charge on any atom is 0.308 e. The second-order valence-corrected chi connectivity index (χ2v) is 7.75. The highest BCUT2D eigenvalue weighted by Gasteiger charge is 2.33. The number of amides is 1. The molecule has 126 valence electrons. The summed E-state index contributed by atoms with van der Waals surface area (Å²) in [4.78, 5) is 25.4. The van der Waals surface area contributed by atoms with E-state index in [0.717, 1.165) is 6.26 Å². The van der Waals surface area contributed by atoms with Gasteiger partial charge in [-0.05, 0) is 24.5 Å². The van der Waals surface area contributed by atoms with Crippen molar-refractivity contribution in [1.82, 2.24) is 4.90 Å². The fraction of sp³-hybridized carbons (Fsp3) is 0.467. The van der Waals surface area contributed by atoms with E-state index < -0.39 is 21.9 Å². The van der Waals surface area contributed by atoms with Crippen molar-refractivity contribution in [3.63, 3.8) is 0 Å². The molecule has 2 rings (SSSR count). The monoisotopic (exact) mass is 340 g/mol. The molecule has 1 aliphatic heterocycles. The second-order valence-electron chi connectivity index (χ2n) is 6.01. The molecule has 2 N–H and O–H groups in total. The fourth-order valence-corrected chi connectivity index (χ4v) is 3.40. The summed E-state index contributed by atoms with van der Waals surface area (Å²) in [6.45, 7) is 2.48. The van der Waals surface area contributed by atoms with Crippen LogP contribution in [0, 0.1) is 11.8 Å². The van der Waals surface area contributed by atoms with E-state index in [1.807, 2.05) is 6.92 Å². The van der Waals surface area contributed by atoms with E-state index in [4.69, 9.17) is 0 Å². The summed E-state index contributed by atoms with van der Waals surface area (Å²) in [5.41, 5.74) is 0.418. The van der Waals surface area contributed by atoms with Crippen LogP contribution in [0.4, 0.5) is 5.69 Å². The largest absolute Gasteiger partial charge is 0.481 e. The smallest absolute Gasteiger partial charge is 0.308 e. The molecule has 1 aromatic rings. The van der Waals surface area contributed by atoms with Crippen LogP contribution in [0.1, 0.15) is 23.7 Å². The van der Waals surface area contributed by atoms with Gasteiger partial charge >= 0.3 is 5.97 Å². The van der Waals surface area contributed by atoms with E-state index in [1.54, 1.807) is 12.1 Å². The van der Waals surface area contributed by atoms with Gasteiger partial charge in [-0.25, -0.2) is 8.42 Å². The maximum absolute atomic E-state index is 12.7. The van der Waals surface area contributed by atoms with Crippen molar-refractivity contribution in [3.8, 4) is 0 Å². The number of carboxylic acid groups (broad SMARTS) is 1. The Kier molecular flexibility index (Phi) is 4.93. The minimum Gasteiger partial charge on any atom is -0.481 e. The Hall–Kier alpha value is -2.09. The number of benzene rings is 1. The van der Waals surface area contributed by atoms with Crippen molar-refractivity contribution in [1.29, 1.82) is 0 Å². The zero-order valence-corrected chi connectivity index (χ0v) is 13.8. The molecule has 7 nitrogen and oxygen atoms in total. The van der Waals surface area contributed by atoms with Gasteiger partial charge in [0.15, 0.2) is 0 Å². The van der Waals surface area contributed by atoms with Crippen LogP contribution in [0.5, 0.6) is 0 Å². The van der Waals surface area contributed by atoms with Crippen LogP contribution in [0.2, 0.25) is 0 Å². The van der Waals surface area contributed by atoms with E-state index in [9.17, 15) is 23.1 Å². The van der Waals surface area contributed by atoms with Gasteiger partial charge < -0.3 is 10.0 Å². The summed E-state index contributed by atoms with van der Waals surface area (Å²) in [6.07, 6.45) is 1.54. The summed E-state index contributed by atoms with van der Waals surface area (Å²) < 4.78 is 25.2. The molecule has 0 radical (unpaired) electrons. The minimum atomic E-state index is -3.51. The number of hydrogen-bond donors (Lipinski definition) is 2. The lowest BCUT2D eigenvalue weighted by atomic mass is 9.90. The van der Waals surface area contributed by atoms with Crippen molar-refractivity contribution in [2.24, 2.45) is 11.8 Å². The lowest BCUT2D eigenvalue weighted by Gasteiger charge is -2.35. The second kappa shape index (κ2) is 6.57.